The highest BCUT2D eigenvalue weighted by Crippen LogP contribution is 2.37. The summed E-state index contributed by atoms with van der Waals surface area (Å²) in [6.45, 7) is 3.92. The molecule has 0 unspecified atom stereocenters. The van der Waals surface area contributed by atoms with Gasteiger partial charge in [-0.25, -0.2) is 4.98 Å². The molecule has 8 heteroatoms. The van der Waals surface area contributed by atoms with Gasteiger partial charge in [-0.05, 0) is 36.8 Å². The molecule has 3 heterocycles. The molecular formula is C20H18ClN5O2. The lowest BCUT2D eigenvalue weighted by molar-refractivity contribution is -0.114. The second-order valence-corrected chi connectivity index (χ2v) is 6.78. The second kappa shape index (κ2) is 7.36. The van der Waals surface area contributed by atoms with Crippen molar-refractivity contribution >= 4 is 29.2 Å². The Morgan fingerprint density at radius 2 is 2.04 bits per heavy atom. The molecule has 2 aromatic heterocycles. The molecule has 0 saturated heterocycles. The average Bonchev–Trinajstić information content (AvgIpc) is 3.32. The van der Waals surface area contributed by atoms with Crippen molar-refractivity contribution in [2.75, 3.05) is 12.0 Å². The molecule has 3 aromatic rings. The number of halogens is 1. The average molecular weight is 396 g/mol. The quantitative estimate of drug-likeness (QED) is 0.626. The second-order valence-electron chi connectivity index (χ2n) is 6.37. The van der Waals surface area contributed by atoms with Gasteiger partial charge in [-0.1, -0.05) is 23.7 Å². The van der Waals surface area contributed by atoms with Crippen molar-refractivity contribution in [1.29, 1.82) is 0 Å². The fourth-order valence-electron chi connectivity index (χ4n) is 3.02. The van der Waals surface area contributed by atoms with Crippen molar-refractivity contribution in [3.05, 3.63) is 58.7 Å². The summed E-state index contributed by atoms with van der Waals surface area (Å²) in [5.74, 6) is 2.21. The van der Waals surface area contributed by atoms with Gasteiger partial charge in [0.1, 0.15) is 24.0 Å². The highest BCUT2D eigenvalue weighted by molar-refractivity contribution is 6.33. The number of aromatic nitrogens is 1. The molecule has 7 nitrogen and oxygen atoms in total. The Morgan fingerprint density at radius 3 is 2.75 bits per heavy atom. The fourth-order valence-corrected chi connectivity index (χ4v) is 3.24. The number of carbonyl (C=O) groups is 1. The number of aryl methyl sites for hydroxylation is 1. The molecule has 142 valence electrons. The summed E-state index contributed by atoms with van der Waals surface area (Å²) >= 11 is 6.41. The topological polar surface area (TPSA) is 91.5 Å². The predicted octanol–water partition coefficient (Wildman–Crippen LogP) is 3.74. The SMILES string of the molecule is CC(=O)Nc1cc(-c2cc(C3=NNCN3)c(-c3ccccc3Cl)o2)c(C)cn1. The third-order valence-corrected chi connectivity index (χ3v) is 4.63. The van der Waals surface area contributed by atoms with E-state index in [4.69, 9.17) is 16.0 Å². The van der Waals surface area contributed by atoms with Crippen molar-refractivity contribution in [2.45, 2.75) is 13.8 Å². The van der Waals surface area contributed by atoms with Crippen LogP contribution >= 0.6 is 11.6 Å². The molecule has 1 aromatic carbocycles. The smallest absolute Gasteiger partial charge is 0.222 e. The van der Waals surface area contributed by atoms with Gasteiger partial charge in [-0.3, -0.25) is 10.2 Å². The van der Waals surface area contributed by atoms with Gasteiger partial charge in [0.2, 0.25) is 5.91 Å². The van der Waals surface area contributed by atoms with E-state index >= 15 is 0 Å². The van der Waals surface area contributed by atoms with Gasteiger partial charge in [-0.2, -0.15) is 5.10 Å². The van der Waals surface area contributed by atoms with Gasteiger partial charge >= 0.3 is 0 Å². The number of rotatable bonds is 4. The van der Waals surface area contributed by atoms with Gasteiger partial charge < -0.3 is 15.1 Å². The molecule has 0 atom stereocenters. The number of nitrogens with zero attached hydrogens (tertiary/aromatic N) is 2. The predicted molar refractivity (Wildman–Crippen MR) is 109 cm³/mol. The summed E-state index contributed by atoms with van der Waals surface area (Å²) in [5, 5.41) is 10.8. The first-order valence-electron chi connectivity index (χ1n) is 8.71. The van der Waals surface area contributed by atoms with Crippen LogP contribution in [0.4, 0.5) is 5.82 Å². The Bertz CT molecular complexity index is 1090. The zero-order valence-corrected chi connectivity index (χ0v) is 16.1. The molecule has 0 bridgehead atoms. The van der Waals surface area contributed by atoms with E-state index in [9.17, 15) is 4.79 Å². The number of pyridine rings is 1. The van der Waals surface area contributed by atoms with E-state index in [-0.39, 0.29) is 5.91 Å². The molecule has 4 rings (SSSR count). The monoisotopic (exact) mass is 395 g/mol. The maximum atomic E-state index is 11.4. The summed E-state index contributed by atoms with van der Waals surface area (Å²) in [5.41, 5.74) is 6.21. The van der Waals surface area contributed by atoms with Crippen LogP contribution in [0, 0.1) is 6.92 Å². The molecule has 28 heavy (non-hydrogen) atoms. The fraction of sp³-hybridized carbons (Fsp3) is 0.150. The number of amidine groups is 1. The lowest BCUT2D eigenvalue weighted by Gasteiger charge is -2.07. The molecule has 0 fully saturated rings. The number of hydrazone groups is 1. The lowest BCUT2D eigenvalue weighted by atomic mass is 10.1. The first kappa shape index (κ1) is 18.1. The molecule has 1 aliphatic rings. The lowest BCUT2D eigenvalue weighted by Crippen LogP contribution is -2.21. The van der Waals surface area contributed by atoms with E-state index in [1.54, 1.807) is 12.3 Å². The maximum Gasteiger partial charge on any atom is 0.222 e. The van der Waals surface area contributed by atoms with E-state index in [0.29, 0.717) is 34.9 Å². The molecular weight excluding hydrogens is 378 g/mol. The summed E-state index contributed by atoms with van der Waals surface area (Å²) in [6, 6.07) is 11.2. The van der Waals surface area contributed by atoms with Crippen molar-refractivity contribution in [1.82, 2.24) is 15.7 Å². The van der Waals surface area contributed by atoms with E-state index in [1.807, 2.05) is 37.3 Å². The third-order valence-electron chi connectivity index (χ3n) is 4.30. The number of anilines is 1. The summed E-state index contributed by atoms with van der Waals surface area (Å²) < 4.78 is 6.25. The Kier molecular flexibility index (Phi) is 4.75. The van der Waals surface area contributed by atoms with Gasteiger partial charge in [0.15, 0.2) is 5.84 Å². The standard InChI is InChI=1S/C20H18ClN5O2/c1-11-9-22-18(25-12(2)27)8-14(11)17-7-15(20-23-10-24-26-20)19(28-17)13-5-3-4-6-16(13)21/h3-9,24H,10H2,1-2H3,(H,23,26)(H,22,25,27). The molecule has 3 N–H and O–H groups in total. The van der Waals surface area contributed by atoms with Crippen LogP contribution in [0.5, 0.6) is 0 Å². The highest BCUT2D eigenvalue weighted by Gasteiger charge is 2.23. The van der Waals surface area contributed by atoms with Crippen LogP contribution in [0.2, 0.25) is 5.02 Å². The number of carbonyl (C=O) groups excluding carboxylic acids is 1. The van der Waals surface area contributed by atoms with Crippen molar-refractivity contribution < 1.29 is 9.21 Å². The van der Waals surface area contributed by atoms with Crippen LogP contribution in [0.15, 0.2) is 52.1 Å². The Labute approximate surface area is 166 Å². The van der Waals surface area contributed by atoms with E-state index < -0.39 is 0 Å². The Balaban J connectivity index is 1.87. The Morgan fingerprint density at radius 1 is 1.21 bits per heavy atom. The molecule has 0 aliphatic carbocycles. The van der Waals surface area contributed by atoms with Crippen molar-refractivity contribution in [2.24, 2.45) is 5.10 Å². The molecule has 0 spiro atoms. The number of benzene rings is 1. The van der Waals surface area contributed by atoms with Crippen LogP contribution in [0.3, 0.4) is 0 Å². The summed E-state index contributed by atoms with van der Waals surface area (Å²) in [7, 11) is 0. The van der Waals surface area contributed by atoms with Crippen LogP contribution in [-0.4, -0.2) is 23.4 Å². The van der Waals surface area contributed by atoms with E-state index in [0.717, 1.165) is 22.3 Å². The van der Waals surface area contributed by atoms with Gasteiger partial charge in [0, 0.05) is 24.2 Å². The first-order chi connectivity index (χ1) is 13.5. The first-order valence-corrected chi connectivity index (χ1v) is 9.09. The van der Waals surface area contributed by atoms with E-state index in [1.165, 1.54) is 6.92 Å². The minimum absolute atomic E-state index is 0.185. The van der Waals surface area contributed by atoms with Crippen LogP contribution in [-0.2, 0) is 4.79 Å². The molecule has 1 amide bonds. The van der Waals surface area contributed by atoms with Crippen molar-refractivity contribution in [3.8, 4) is 22.6 Å². The van der Waals surface area contributed by atoms with Crippen LogP contribution < -0.4 is 16.1 Å². The van der Waals surface area contributed by atoms with Gasteiger partial charge in [0.25, 0.3) is 0 Å². The zero-order chi connectivity index (χ0) is 19.7. The summed E-state index contributed by atoms with van der Waals surface area (Å²) in [4.78, 5) is 15.6. The molecule has 1 aliphatic heterocycles. The normalized spacial score (nSPS) is 12.9. The van der Waals surface area contributed by atoms with Crippen molar-refractivity contribution in [3.63, 3.8) is 0 Å². The Hall–Kier alpha value is -3.32. The minimum atomic E-state index is -0.185. The van der Waals surface area contributed by atoms with Crippen LogP contribution in [0.25, 0.3) is 22.6 Å². The highest BCUT2D eigenvalue weighted by atomic mass is 35.5. The van der Waals surface area contributed by atoms with Gasteiger partial charge in [0.05, 0.1) is 10.6 Å². The maximum absolute atomic E-state index is 11.4. The van der Waals surface area contributed by atoms with Crippen LogP contribution in [0.1, 0.15) is 18.1 Å². The molecule has 0 saturated carbocycles. The number of hydrogen-bond acceptors (Lipinski definition) is 6. The third kappa shape index (κ3) is 3.44. The number of furan rings is 1. The number of amides is 1. The number of nitrogens with one attached hydrogen (secondary N) is 3. The number of hydrogen-bond donors (Lipinski definition) is 3. The zero-order valence-electron chi connectivity index (χ0n) is 15.3. The van der Waals surface area contributed by atoms with E-state index in [2.05, 4.69) is 26.1 Å². The van der Waals surface area contributed by atoms with Gasteiger partial charge in [-0.15, -0.1) is 0 Å². The summed E-state index contributed by atoms with van der Waals surface area (Å²) in [6.07, 6.45) is 1.70. The largest absolute Gasteiger partial charge is 0.455 e. The molecule has 0 radical (unpaired) electrons. The minimum Gasteiger partial charge on any atom is -0.455 e.